The van der Waals surface area contributed by atoms with E-state index in [-0.39, 0.29) is 0 Å². The Morgan fingerprint density at radius 3 is 0.982 bits per heavy atom. The first-order valence-electron chi connectivity index (χ1n) is 18.7. The highest BCUT2D eigenvalue weighted by molar-refractivity contribution is 7.55. The summed E-state index contributed by atoms with van der Waals surface area (Å²) >= 11 is 0. The summed E-state index contributed by atoms with van der Waals surface area (Å²) in [4.78, 5) is 0. The molecule has 0 radical (unpaired) electrons. The predicted molar refractivity (Wildman–Crippen MR) is 259 cm³/mol. The topological polar surface area (TPSA) is 46.2 Å². The van der Waals surface area contributed by atoms with Gasteiger partial charge >= 0.3 is 0 Å². The van der Waals surface area contributed by atoms with Gasteiger partial charge in [-0.3, -0.25) is 0 Å². The Morgan fingerprint density at radius 2 is 0.643 bits per heavy atom. The summed E-state index contributed by atoms with van der Waals surface area (Å²) in [5.41, 5.74) is 0. The molecule has 0 bridgehead atoms. The zero-order valence-electron chi connectivity index (χ0n) is 33.3. The Morgan fingerprint density at radius 1 is 0.321 bits per heavy atom. The molecule has 298 valence electrons. The van der Waals surface area contributed by atoms with Crippen LogP contribution >= 0.6 is 45.5 Å². The number of hydrogen-bond acceptors (Lipinski definition) is 5. The van der Waals surface area contributed by atoms with Crippen LogP contribution in [0.5, 0.6) is 28.7 Å². The highest BCUT2D eigenvalue weighted by Gasteiger charge is 1.97. The van der Waals surface area contributed by atoms with Crippen LogP contribution in [0.25, 0.3) is 0 Å². The van der Waals surface area contributed by atoms with Gasteiger partial charge in [0.25, 0.3) is 0 Å². The van der Waals surface area contributed by atoms with Crippen molar-refractivity contribution in [3.63, 3.8) is 0 Å². The van der Waals surface area contributed by atoms with Gasteiger partial charge in [-0.25, -0.2) is 0 Å². The molecule has 0 aliphatic carbocycles. The average molecular weight is 847 g/mol. The molecular weight excluding hydrogens is 787 g/mol. The van der Waals surface area contributed by atoms with Crippen LogP contribution in [0.1, 0.15) is 34.6 Å². The zero-order chi connectivity index (χ0) is 40.8. The molecule has 6 aromatic carbocycles. The Hall–Kier alpha value is -3.53. The highest BCUT2D eigenvalue weighted by atomic mass is 31.1. The second-order valence-corrected chi connectivity index (χ2v) is 15.5. The second-order valence-electron chi connectivity index (χ2n) is 11.5. The van der Waals surface area contributed by atoms with Crippen molar-refractivity contribution < 1.29 is 23.7 Å². The average Bonchev–Trinajstić information content (AvgIpc) is 3.20. The fourth-order valence-electron chi connectivity index (χ4n) is 4.49. The number of ether oxygens (including phenoxy) is 5. The van der Waals surface area contributed by atoms with Gasteiger partial charge in [-0.1, -0.05) is 99.6 Å². The van der Waals surface area contributed by atoms with E-state index in [2.05, 4.69) is 73.4 Å². The van der Waals surface area contributed by atoms with E-state index in [0.29, 0.717) is 0 Å². The smallest absolute Gasteiger partial charge is 0.119 e. The zero-order valence-corrected chi connectivity index (χ0v) is 38.9. The van der Waals surface area contributed by atoms with Crippen LogP contribution in [-0.2, 0) is 0 Å². The number of rotatable bonds is 12. The molecule has 0 aliphatic rings. The molecule has 0 fully saturated rings. The van der Waals surface area contributed by atoms with Crippen molar-refractivity contribution in [2.75, 3.05) is 33.0 Å². The molecule has 0 aromatic heterocycles. The molecule has 0 amide bonds. The first-order chi connectivity index (χ1) is 27.2. The van der Waals surface area contributed by atoms with Gasteiger partial charge in [-0.05, 0) is 127 Å². The van der Waals surface area contributed by atoms with E-state index in [9.17, 15) is 0 Å². The highest BCUT2D eigenvalue weighted by Crippen LogP contribution is 2.15. The van der Waals surface area contributed by atoms with Crippen LogP contribution in [-0.4, -0.2) is 33.0 Å². The molecule has 6 rings (SSSR count). The van der Waals surface area contributed by atoms with Crippen LogP contribution in [0.15, 0.2) is 152 Å². The van der Waals surface area contributed by atoms with Crippen LogP contribution in [0.2, 0.25) is 0 Å². The fraction of sp³-hybridized carbons (Fsp3) is 0.217. The minimum Gasteiger partial charge on any atom is -0.494 e. The van der Waals surface area contributed by atoms with Crippen molar-refractivity contribution in [3.05, 3.63) is 152 Å². The van der Waals surface area contributed by atoms with E-state index in [4.69, 9.17) is 23.7 Å². The van der Waals surface area contributed by atoms with E-state index >= 15 is 0 Å². The van der Waals surface area contributed by atoms with Crippen molar-refractivity contribution >= 4 is 77.4 Å². The SMILES string of the molecule is CCOc1ccc(P)cc1.CCOc1ccc(P)cc1.CCOc1ccc(Pc2ccccc2)cc1.CCOc1cccc(P)c1.CCOc1cccc(P)c1. The molecule has 10 heteroatoms. The van der Waals surface area contributed by atoms with E-state index < -0.39 is 0 Å². The van der Waals surface area contributed by atoms with Crippen LogP contribution in [0.4, 0.5) is 0 Å². The van der Waals surface area contributed by atoms with Gasteiger partial charge < -0.3 is 23.7 Å². The third-order valence-corrected chi connectivity index (χ3v) is 9.68. The summed E-state index contributed by atoms with van der Waals surface area (Å²) < 4.78 is 26.5. The summed E-state index contributed by atoms with van der Waals surface area (Å²) in [7, 11) is 11.3. The lowest BCUT2D eigenvalue weighted by Gasteiger charge is -2.05. The molecule has 5 atom stereocenters. The van der Waals surface area contributed by atoms with Gasteiger partial charge in [-0.2, -0.15) is 0 Å². The van der Waals surface area contributed by atoms with E-state index in [0.717, 1.165) is 81.0 Å². The third kappa shape index (κ3) is 22.9. The Kier molecular flexibility index (Phi) is 26.6. The first kappa shape index (κ1) is 48.6. The maximum atomic E-state index is 5.41. The van der Waals surface area contributed by atoms with Crippen molar-refractivity contribution in [2.45, 2.75) is 34.6 Å². The summed E-state index contributed by atoms with van der Waals surface area (Å²) in [6, 6.07) is 50.7. The lowest BCUT2D eigenvalue weighted by Crippen LogP contribution is -2.02. The molecule has 0 N–H and O–H groups in total. The molecular formula is C46H59O5P5. The van der Waals surface area contributed by atoms with Gasteiger partial charge in [0.05, 0.1) is 33.0 Å². The predicted octanol–water partition coefficient (Wildman–Crippen LogP) is 9.06. The molecule has 6 aromatic rings. The first-order valence-corrected chi connectivity index (χ1v) is 22.0. The van der Waals surface area contributed by atoms with Crippen LogP contribution < -0.4 is 55.5 Å². The Bertz CT molecular complexity index is 1760. The van der Waals surface area contributed by atoms with Gasteiger partial charge in [-0.15, -0.1) is 37.0 Å². The van der Waals surface area contributed by atoms with Crippen molar-refractivity contribution in [2.24, 2.45) is 0 Å². The van der Waals surface area contributed by atoms with Crippen LogP contribution in [0.3, 0.4) is 0 Å². The Balaban J connectivity index is 0.000000246. The lowest BCUT2D eigenvalue weighted by molar-refractivity contribution is 0.340. The molecule has 0 saturated heterocycles. The monoisotopic (exact) mass is 846 g/mol. The Labute approximate surface area is 347 Å². The van der Waals surface area contributed by atoms with Gasteiger partial charge in [0.2, 0.25) is 0 Å². The van der Waals surface area contributed by atoms with Gasteiger partial charge in [0, 0.05) is 0 Å². The van der Waals surface area contributed by atoms with Crippen LogP contribution in [0, 0.1) is 0 Å². The minimum atomic E-state index is 0.720. The van der Waals surface area contributed by atoms with E-state index in [1.54, 1.807) is 0 Å². The fourth-order valence-corrected chi connectivity index (χ4v) is 6.45. The maximum Gasteiger partial charge on any atom is 0.119 e. The molecule has 0 spiro atoms. The van der Waals surface area contributed by atoms with Crippen molar-refractivity contribution in [1.82, 2.24) is 0 Å². The van der Waals surface area contributed by atoms with Gasteiger partial charge in [0.15, 0.2) is 0 Å². The van der Waals surface area contributed by atoms with E-state index in [1.807, 2.05) is 150 Å². The third-order valence-electron chi connectivity index (χ3n) is 6.95. The quantitative estimate of drug-likeness (QED) is 0.115. The summed E-state index contributed by atoms with van der Waals surface area (Å²) in [6.07, 6.45) is 0. The molecule has 0 aliphatic heterocycles. The standard InChI is InChI=1S/C14H15OP.4C8H11OP/c1-2-15-12-8-10-14(11-9-12)16-13-6-4-3-5-7-13;2*1-2-9-7-3-5-8(10)6-4-7;2*1-2-9-7-4-3-5-8(10)6-7/h3-11,16H,2H2,1H3;4*3-6H,2,10H2,1H3. The van der Waals surface area contributed by atoms with Gasteiger partial charge in [0.1, 0.15) is 28.7 Å². The van der Waals surface area contributed by atoms with E-state index in [1.165, 1.54) is 21.2 Å². The molecule has 0 saturated carbocycles. The minimum absolute atomic E-state index is 0.720. The normalized spacial score (nSPS) is 9.80. The number of benzene rings is 6. The summed E-state index contributed by atoms with van der Waals surface area (Å²) in [5.74, 6) is 4.71. The molecule has 5 nitrogen and oxygen atoms in total. The second kappa shape index (κ2) is 30.6. The molecule has 0 heterocycles. The molecule has 5 unspecified atom stereocenters. The summed E-state index contributed by atoms with van der Waals surface area (Å²) in [6.45, 7) is 13.6. The molecule has 56 heavy (non-hydrogen) atoms. The van der Waals surface area contributed by atoms with Crippen molar-refractivity contribution in [3.8, 4) is 28.7 Å². The maximum absolute atomic E-state index is 5.41. The largest absolute Gasteiger partial charge is 0.494 e. The summed E-state index contributed by atoms with van der Waals surface area (Å²) in [5, 5.41) is 7.39. The number of hydrogen-bond donors (Lipinski definition) is 0. The lowest BCUT2D eigenvalue weighted by atomic mass is 10.3. The van der Waals surface area contributed by atoms with Crippen molar-refractivity contribution in [1.29, 1.82) is 0 Å².